The maximum atomic E-state index is 12.1. The Labute approximate surface area is 132 Å². The number of nitrogens with two attached hydrogens (primary N) is 2. The van der Waals surface area contributed by atoms with Gasteiger partial charge in [0.05, 0.1) is 5.69 Å². The summed E-state index contributed by atoms with van der Waals surface area (Å²) in [5.74, 6) is 0.391. The molecule has 3 aromatic rings. The van der Waals surface area contributed by atoms with E-state index in [0.29, 0.717) is 17.8 Å². The van der Waals surface area contributed by atoms with Crippen LogP contribution in [-0.4, -0.2) is 14.7 Å². The van der Waals surface area contributed by atoms with E-state index in [4.69, 9.17) is 11.5 Å². The van der Waals surface area contributed by atoms with E-state index in [2.05, 4.69) is 4.98 Å². The van der Waals surface area contributed by atoms with Crippen LogP contribution in [-0.2, 0) is 6.42 Å². The molecule has 0 aliphatic carbocycles. The first kappa shape index (κ1) is 14.6. The summed E-state index contributed by atoms with van der Waals surface area (Å²) in [7, 11) is 0. The zero-order chi connectivity index (χ0) is 16.4. The highest BCUT2D eigenvalue weighted by atomic mass is 16.3. The summed E-state index contributed by atoms with van der Waals surface area (Å²) < 4.78 is 1.44. The van der Waals surface area contributed by atoms with Gasteiger partial charge in [-0.15, -0.1) is 0 Å². The molecule has 5 N–H and O–H groups in total. The van der Waals surface area contributed by atoms with E-state index < -0.39 is 5.69 Å². The third kappa shape index (κ3) is 3.16. The normalized spacial score (nSPS) is 10.6. The van der Waals surface area contributed by atoms with Gasteiger partial charge in [-0.3, -0.25) is 4.57 Å². The molecule has 0 aliphatic heterocycles. The molecular formula is C17H16N4O2. The van der Waals surface area contributed by atoms with Crippen molar-refractivity contribution in [3.05, 3.63) is 76.3 Å². The Morgan fingerprint density at radius 2 is 1.78 bits per heavy atom. The molecule has 0 saturated heterocycles. The van der Waals surface area contributed by atoms with Crippen LogP contribution in [0.1, 0.15) is 11.1 Å². The third-order valence-corrected chi connectivity index (χ3v) is 3.52. The average molecular weight is 308 g/mol. The largest absolute Gasteiger partial charge is 0.508 e. The highest BCUT2D eigenvalue weighted by molar-refractivity contribution is 5.53. The second-order valence-corrected chi connectivity index (χ2v) is 5.24. The summed E-state index contributed by atoms with van der Waals surface area (Å²) >= 11 is 0. The Hall–Kier alpha value is -3.28. The second-order valence-electron chi connectivity index (χ2n) is 5.24. The molecule has 0 spiro atoms. The standard InChI is InChI=1S/C17H16N4O2/c18-13-3-6-15(21-8-7-16(19)20-17(21)23)12(10-13)9-11-1-4-14(22)5-2-11/h1-8,10,22H,9,18H2,(H2,19,20,23). The molecule has 0 radical (unpaired) electrons. The maximum absolute atomic E-state index is 12.1. The van der Waals surface area contributed by atoms with E-state index in [1.807, 2.05) is 18.2 Å². The van der Waals surface area contributed by atoms with Crippen LogP contribution in [0.2, 0.25) is 0 Å². The van der Waals surface area contributed by atoms with Crippen LogP contribution in [0.3, 0.4) is 0 Å². The zero-order valence-corrected chi connectivity index (χ0v) is 12.3. The molecule has 1 heterocycles. The van der Waals surface area contributed by atoms with E-state index in [-0.39, 0.29) is 11.6 Å². The van der Waals surface area contributed by atoms with Crippen LogP contribution in [0.15, 0.2) is 59.5 Å². The fraction of sp³-hybridized carbons (Fsp3) is 0.0588. The summed E-state index contributed by atoms with van der Waals surface area (Å²) in [5.41, 5.74) is 14.2. The molecule has 0 amide bonds. The average Bonchev–Trinajstić information content (AvgIpc) is 2.51. The van der Waals surface area contributed by atoms with Gasteiger partial charge in [0.2, 0.25) is 0 Å². The first-order valence-corrected chi connectivity index (χ1v) is 7.05. The predicted octanol–water partition coefficient (Wildman–Crippen LogP) is 1.69. The Morgan fingerprint density at radius 1 is 1.04 bits per heavy atom. The van der Waals surface area contributed by atoms with Crippen LogP contribution < -0.4 is 17.2 Å². The molecule has 0 atom stereocenters. The van der Waals surface area contributed by atoms with Gasteiger partial charge in [0.25, 0.3) is 0 Å². The predicted molar refractivity (Wildman–Crippen MR) is 89.6 cm³/mol. The van der Waals surface area contributed by atoms with E-state index >= 15 is 0 Å². The van der Waals surface area contributed by atoms with Crippen molar-refractivity contribution in [3.63, 3.8) is 0 Å². The fourth-order valence-corrected chi connectivity index (χ4v) is 2.42. The quantitative estimate of drug-likeness (QED) is 0.638. The van der Waals surface area contributed by atoms with E-state index in [0.717, 1.165) is 11.1 Å². The van der Waals surface area contributed by atoms with E-state index in [9.17, 15) is 9.90 Å². The van der Waals surface area contributed by atoms with Crippen molar-refractivity contribution in [3.8, 4) is 11.4 Å². The Balaban J connectivity index is 2.07. The van der Waals surface area contributed by atoms with Crippen molar-refractivity contribution in [1.82, 2.24) is 9.55 Å². The number of hydrogen-bond donors (Lipinski definition) is 3. The molecule has 23 heavy (non-hydrogen) atoms. The summed E-state index contributed by atoms with van der Waals surface area (Å²) in [6.45, 7) is 0. The lowest BCUT2D eigenvalue weighted by Crippen LogP contribution is -2.22. The number of aromatic hydroxyl groups is 1. The molecule has 0 aliphatic rings. The van der Waals surface area contributed by atoms with Gasteiger partial charge in [0.15, 0.2) is 0 Å². The molecule has 0 saturated carbocycles. The lowest BCUT2D eigenvalue weighted by atomic mass is 10.0. The topological polar surface area (TPSA) is 107 Å². The van der Waals surface area contributed by atoms with Gasteiger partial charge >= 0.3 is 5.69 Å². The molecule has 6 heteroatoms. The molecule has 3 rings (SSSR count). The summed E-state index contributed by atoms with van der Waals surface area (Å²) in [5, 5.41) is 9.38. The van der Waals surface area contributed by atoms with Crippen molar-refractivity contribution >= 4 is 11.5 Å². The minimum Gasteiger partial charge on any atom is -0.508 e. The molecule has 1 aromatic heterocycles. The Bertz CT molecular complexity index is 901. The lowest BCUT2D eigenvalue weighted by molar-refractivity contribution is 0.475. The number of phenols is 1. The number of anilines is 2. The minimum absolute atomic E-state index is 0.182. The molecular weight excluding hydrogens is 292 g/mol. The number of phenolic OH excluding ortho intramolecular Hbond substituents is 1. The molecule has 0 fully saturated rings. The first-order valence-electron chi connectivity index (χ1n) is 7.05. The summed E-state index contributed by atoms with van der Waals surface area (Å²) in [6, 6.07) is 13.8. The van der Waals surface area contributed by atoms with Crippen LogP contribution in [0.5, 0.6) is 5.75 Å². The van der Waals surface area contributed by atoms with Gasteiger partial charge in [0, 0.05) is 11.9 Å². The molecule has 116 valence electrons. The molecule has 6 nitrogen and oxygen atoms in total. The van der Waals surface area contributed by atoms with Gasteiger partial charge in [0.1, 0.15) is 11.6 Å². The van der Waals surface area contributed by atoms with Gasteiger partial charge in [-0.1, -0.05) is 12.1 Å². The highest BCUT2D eigenvalue weighted by Crippen LogP contribution is 2.21. The number of hydrogen-bond acceptors (Lipinski definition) is 5. The number of nitrogens with zero attached hydrogens (tertiary/aromatic N) is 2. The first-order chi connectivity index (χ1) is 11.0. The van der Waals surface area contributed by atoms with Crippen molar-refractivity contribution in [2.75, 3.05) is 11.5 Å². The smallest absolute Gasteiger partial charge is 0.354 e. The van der Waals surface area contributed by atoms with Crippen molar-refractivity contribution in [1.29, 1.82) is 0 Å². The second kappa shape index (κ2) is 5.84. The van der Waals surface area contributed by atoms with Crippen molar-refractivity contribution in [2.24, 2.45) is 0 Å². The molecule has 0 unspecified atom stereocenters. The van der Waals surface area contributed by atoms with Crippen LogP contribution in [0.25, 0.3) is 5.69 Å². The van der Waals surface area contributed by atoms with Crippen LogP contribution >= 0.6 is 0 Å². The van der Waals surface area contributed by atoms with E-state index in [1.54, 1.807) is 36.5 Å². The zero-order valence-electron chi connectivity index (χ0n) is 12.3. The van der Waals surface area contributed by atoms with Crippen molar-refractivity contribution in [2.45, 2.75) is 6.42 Å². The number of benzene rings is 2. The molecule has 0 bridgehead atoms. The van der Waals surface area contributed by atoms with Crippen LogP contribution in [0.4, 0.5) is 11.5 Å². The Morgan fingerprint density at radius 3 is 2.48 bits per heavy atom. The lowest BCUT2D eigenvalue weighted by Gasteiger charge is -2.13. The van der Waals surface area contributed by atoms with Crippen LogP contribution in [0, 0.1) is 0 Å². The number of rotatable bonds is 3. The Kier molecular flexibility index (Phi) is 3.72. The third-order valence-electron chi connectivity index (χ3n) is 3.52. The maximum Gasteiger partial charge on any atom is 0.354 e. The molecule has 2 aromatic carbocycles. The van der Waals surface area contributed by atoms with Gasteiger partial charge < -0.3 is 16.6 Å². The number of nitrogen functional groups attached to an aromatic ring is 2. The monoisotopic (exact) mass is 308 g/mol. The van der Waals surface area contributed by atoms with E-state index in [1.165, 1.54) is 4.57 Å². The minimum atomic E-state index is -0.443. The highest BCUT2D eigenvalue weighted by Gasteiger charge is 2.09. The summed E-state index contributed by atoms with van der Waals surface area (Å²) in [4.78, 5) is 15.8. The van der Waals surface area contributed by atoms with Gasteiger partial charge in [-0.05, 0) is 53.9 Å². The van der Waals surface area contributed by atoms with Crippen molar-refractivity contribution < 1.29 is 5.11 Å². The fourth-order valence-electron chi connectivity index (χ4n) is 2.42. The SMILES string of the molecule is Nc1ccc(-n2ccc(N)nc2=O)c(Cc2ccc(O)cc2)c1. The number of aromatic nitrogens is 2. The van der Waals surface area contributed by atoms with Gasteiger partial charge in [-0.2, -0.15) is 4.98 Å². The van der Waals surface area contributed by atoms with Gasteiger partial charge in [-0.25, -0.2) is 4.79 Å². The summed E-state index contributed by atoms with van der Waals surface area (Å²) in [6.07, 6.45) is 2.16.